The normalized spacial score (nSPS) is 29.6. The first kappa shape index (κ1) is 17.7. The molecule has 2 fully saturated rings. The third-order valence-electron chi connectivity index (χ3n) is 3.97. The lowest BCUT2D eigenvalue weighted by molar-refractivity contribution is -0.122. The summed E-state index contributed by atoms with van der Waals surface area (Å²) in [4.78, 5) is 11.9. The average Bonchev–Trinajstić information content (AvgIpc) is 2.69. The zero-order valence-corrected chi connectivity index (χ0v) is 13.4. The fourth-order valence-corrected chi connectivity index (χ4v) is 4.16. The first-order valence-corrected chi connectivity index (χ1v) is 8.58. The first-order valence-electron chi connectivity index (χ1n) is 6.97. The predicted molar refractivity (Wildman–Crippen MR) is 80.4 cm³/mol. The Morgan fingerprint density at radius 2 is 2.20 bits per heavy atom. The van der Waals surface area contributed by atoms with Crippen LogP contribution < -0.4 is 10.6 Å². The van der Waals surface area contributed by atoms with Crippen molar-refractivity contribution in [2.45, 2.75) is 32.2 Å². The molecule has 2 N–H and O–H groups in total. The molecule has 2 heterocycles. The van der Waals surface area contributed by atoms with Crippen molar-refractivity contribution < 1.29 is 13.2 Å². The van der Waals surface area contributed by atoms with Crippen molar-refractivity contribution in [3.8, 4) is 0 Å². The molecule has 0 aliphatic carbocycles. The van der Waals surface area contributed by atoms with Crippen LogP contribution in [0, 0.1) is 5.92 Å². The van der Waals surface area contributed by atoms with Crippen molar-refractivity contribution in [3.63, 3.8) is 0 Å². The molecular formula is C12H24ClN3O3S. The highest BCUT2D eigenvalue weighted by Gasteiger charge is 2.29. The van der Waals surface area contributed by atoms with Crippen LogP contribution in [0.4, 0.5) is 0 Å². The van der Waals surface area contributed by atoms with E-state index in [-0.39, 0.29) is 36.5 Å². The summed E-state index contributed by atoms with van der Waals surface area (Å²) in [6, 6.07) is 0.163. The average molecular weight is 326 g/mol. The largest absolute Gasteiger partial charge is 0.352 e. The van der Waals surface area contributed by atoms with Gasteiger partial charge < -0.3 is 10.6 Å². The van der Waals surface area contributed by atoms with E-state index in [2.05, 4.69) is 17.6 Å². The van der Waals surface area contributed by atoms with Crippen LogP contribution in [-0.4, -0.2) is 56.6 Å². The van der Waals surface area contributed by atoms with Crippen molar-refractivity contribution in [2.75, 3.05) is 31.9 Å². The van der Waals surface area contributed by atoms with Crippen LogP contribution in [0.2, 0.25) is 0 Å². The zero-order valence-electron chi connectivity index (χ0n) is 11.8. The van der Waals surface area contributed by atoms with Gasteiger partial charge in [-0.05, 0) is 25.3 Å². The third kappa shape index (κ3) is 4.58. The molecular weight excluding hydrogens is 302 g/mol. The summed E-state index contributed by atoms with van der Waals surface area (Å²) in [5, 5.41) is 6.26. The minimum Gasteiger partial charge on any atom is -0.352 e. The Kier molecular flexibility index (Phi) is 6.71. The lowest BCUT2D eigenvalue weighted by Crippen LogP contribution is -2.50. The second-order valence-corrected chi connectivity index (χ2v) is 7.55. The van der Waals surface area contributed by atoms with Gasteiger partial charge in [-0.25, -0.2) is 12.7 Å². The number of hydrogen-bond donors (Lipinski definition) is 2. The number of sulfonamides is 1. The van der Waals surface area contributed by atoms with Crippen LogP contribution in [0.25, 0.3) is 0 Å². The minimum absolute atomic E-state index is 0. The molecule has 20 heavy (non-hydrogen) atoms. The quantitative estimate of drug-likeness (QED) is 0.759. The summed E-state index contributed by atoms with van der Waals surface area (Å²) in [5.41, 5.74) is 0. The van der Waals surface area contributed by atoms with E-state index in [1.807, 2.05) is 0 Å². The summed E-state index contributed by atoms with van der Waals surface area (Å²) >= 11 is 0. The molecule has 2 rings (SSSR count). The fourth-order valence-electron chi connectivity index (χ4n) is 2.63. The number of nitrogens with one attached hydrogen (secondary N) is 2. The van der Waals surface area contributed by atoms with Crippen molar-refractivity contribution in [2.24, 2.45) is 5.92 Å². The highest BCUT2D eigenvalue weighted by Crippen LogP contribution is 2.14. The molecule has 118 valence electrons. The first-order chi connectivity index (χ1) is 8.99. The maximum Gasteiger partial charge on any atom is 0.221 e. The van der Waals surface area contributed by atoms with Crippen LogP contribution in [0.5, 0.6) is 0 Å². The molecule has 2 aliphatic rings. The summed E-state index contributed by atoms with van der Waals surface area (Å²) in [5.74, 6) is 0.640. The minimum atomic E-state index is -3.09. The van der Waals surface area contributed by atoms with Crippen molar-refractivity contribution >= 4 is 28.3 Å². The van der Waals surface area contributed by atoms with Crippen LogP contribution >= 0.6 is 12.4 Å². The standard InChI is InChI=1S/C12H23N3O3S.ClH/c1-10-3-5-13-9-11(10)14-12(16)4-7-15-6-2-8-19(15,17)18;/h10-11,13H,2-9H2,1H3,(H,14,16);1H. The van der Waals surface area contributed by atoms with E-state index in [1.54, 1.807) is 0 Å². The number of carbonyl (C=O) groups is 1. The summed E-state index contributed by atoms with van der Waals surface area (Å²) < 4.78 is 24.6. The number of rotatable bonds is 4. The van der Waals surface area contributed by atoms with Gasteiger partial charge in [0, 0.05) is 32.1 Å². The summed E-state index contributed by atoms with van der Waals surface area (Å²) in [6.45, 7) is 4.80. The summed E-state index contributed by atoms with van der Waals surface area (Å²) in [6.07, 6.45) is 1.99. The van der Waals surface area contributed by atoms with Gasteiger partial charge in [0.25, 0.3) is 0 Å². The van der Waals surface area contributed by atoms with Crippen molar-refractivity contribution in [1.29, 1.82) is 0 Å². The van der Waals surface area contributed by atoms with Gasteiger partial charge in [-0.15, -0.1) is 12.4 Å². The van der Waals surface area contributed by atoms with Crippen molar-refractivity contribution in [3.05, 3.63) is 0 Å². The zero-order chi connectivity index (χ0) is 13.9. The molecule has 2 unspecified atom stereocenters. The second-order valence-electron chi connectivity index (χ2n) is 5.46. The van der Waals surface area contributed by atoms with E-state index in [9.17, 15) is 13.2 Å². The lowest BCUT2D eigenvalue weighted by Gasteiger charge is -2.30. The van der Waals surface area contributed by atoms with Gasteiger partial charge in [0.05, 0.1) is 5.75 Å². The molecule has 0 aromatic heterocycles. The number of halogens is 1. The summed E-state index contributed by atoms with van der Waals surface area (Å²) in [7, 11) is -3.09. The predicted octanol–water partition coefficient (Wildman–Crippen LogP) is -0.0520. The number of carbonyl (C=O) groups excluding carboxylic acids is 1. The highest BCUT2D eigenvalue weighted by molar-refractivity contribution is 7.89. The Morgan fingerprint density at radius 3 is 2.80 bits per heavy atom. The van der Waals surface area contributed by atoms with Crippen LogP contribution in [0.3, 0.4) is 0 Å². The SMILES string of the molecule is CC1CCNCC1NC(=O)CCN1CCCS1(=O)=O.Cl. The van der Waals surface area contributed by atoms with E-state index < -0.39 is 10.0 Å². The van der Waals surface area contributed by atoms with Crippen LogP contribution in [0.1, 0.15) is 26.2 Å². The van der Waals surface area contributed by atoms with E-state index in [1.165, 1.54) is 4.31 Å². The fraction of sp³-hybridized carbons (Fsp3) is 0.917. The Bertz CT molecular complexity index is 430. The molecule has 8 heteroatoms. The van der Waals surface area contributed by atoms with Gasteiger partial charge in [-0.2, -0.15) is 0 Å². The van der Waals surface area contributed by atoms with Gasteiger partial charge in [0.1, 0.15) is 0 Å². The van der Waals surface area contributed by atoms with E-state index in [4.69, 9.17) is 0 Å². The maximum atomic E-state index is 11.9. The molecule has 6 nitrogen and oxygen atoms in total. The Balaban J connectivity index is 0.00000200. The molecule has 0 aromatic carbocycles. The van der Waals surface area contributed by atoms with Gasteiger partial charge >= 0.3 is 0 Å². The van der Waals surface area contributed by atoms with E-state index >= 15 is 0 Å². The van der Waals surface area contributed by atoms with Gasteiger partial charge in [-0.1, -0.05) is 6.92 Å². The maximum absolute atomic E-state index is 11.9. The van der Waals surface area contributed by atoms with Crippen LogP contribution in [0.15, 0.2) is 0 Å². The van der Waals surface area contributed by atoms with Crippen LogP contribution in [-0.2, 0) is 14.8 Å². The Labute approximate surface area is 127 Å². The third-order valence-corrected chi connectivity index (χ3v) is 5.92. The molecule has 0 spiro atoms. The van der Waals surface area contributed by atoms with Gasteiger partial charge in [0.15, 0.2) is 0 Å². The molecule has 2 aliphatic heterocycles. The molecule has 0 radical (unpaired) electrons. The number of nitrogens with zero attached hydrogens (tertiary/aromatic N) is 1. The number of hydrogen-bond acceptors (Lipinski definition) is 4. The van der Waals surface area contributed by atoms with E-state index in [0.29, 0.717) is 25.4 Å². The second kappa shape index (κ2) is 7.59. The molecule has 0 aromatic rings. The smallest absolute Gasteiger partial charge is 0.221 e. The highest BCUT2D eigenvalue weighted by atomic mass is 35.5. The molecule has 0 bridgehead atoms. The molecule has 2 atom stereocenters. The Morgan fingerprint density at radius 1 is 1.45 bits per heavy atom. The Hall–Kier alpha value is -0.370. The van der Waals surface area contributed by atoms with Crippen molar-refractivity contribution in [1.82, 2.24) is 14.9 Å². The molecule has 2 saturated heterocycles. The van der Waals surface area contributed by atoms with E-state index in [0.717, 1.165) is 19.5 Å². The molecule has 1 amide bonds. The lowest BCUT2D eigenvalue weighted by atomic mass is 9.95. The topological polar surface area (TPSA) is 78.5 Å². The van der Waals surface area contributed by atoms with Gasteiger partial charge in [0.2, 0.25) is 15.9 Å². The number of amides is 1. The van der Waals surface area contributed by atoms with Gasteiger partial charge in [-0.3, -0.25) is 4.79 Å². The number of piperidine rings is 1. The molecule has 0 saturated carbocycles. The monoisotopic (exact) mass is 325 g/mol.